The summed E-state index contributed by atoms with van der Waals surface area (Å²) in [5.74, 6) is 0.714. The summed E-state index contributed by atoms with van der Waals surface area (Å²) in [6, 6.07) is 0.671. The molecule has 1 nitrogen and oxygen atoms in total. The lowest BCUT2D eigenvalue weighted by Crippen LogP contribution is -2.38. The van der Waals surface area contributed by atoms with Gasteiger partial charge in [0.15, 0.2) is 0 Å². The van der Waals surface area contributed by atoms with E-state index < -0.39 is 0 Å². The van der Waals surface area contributed by atoms with E-state index >= 15 is 0 Å². The first-order valence-corrected chi connectivity index (χ1v) is 6.47. The van der Waals surface area contributed by atoms with E-state index in [2.05, 4.69) is 39.2 Å². The highest BCUT2D eigenvalue weighted by Gasteiger charge is 2.19. The Labute approximate surface area is 86.6 Å². The molecular formula is C11H25NSi. The van der Waals surface area contributed by atoms with Crippen LogP contribution >= 0.6 is 0 Å². The van der Waals surface area contributed by atoms with Crippen LogP contribution in [0.25, 0.3) is 0 Å². The van der Waals surface area contributed by atoms with E-state index in [0.717, 1.165) is 23.3 Å². The first-order valence-electron chi connectivity index (χ1n) is 5.47. The zero-order valence-electron chi connectivity index (χ0n) is 9.93. The fraction of sp³-hybridized carbons (Fsp3) is 0.818. The van der Waals surface area contributed by atoms with Gasteiger partial charge in [-0.2, -0.15) is 0 Å². The van der Waals surface area contributed by atoms with Crippen molar-refractivity contribution in [1.82, 2.24) is 4.90 Å². The minimum Gasteiger partial charge on any atom is -0.301 e. The van der Waals surface area contributed by atoms with Crippen molar-refractivity contribution in [3.05, 3.63) is 11.8 Å². The molecule has 2 atom stereocenters. The van der Waals surface area contributed by atoms with Gasteiger partial charge in [0.05, 0.1) is 0 Å². The van der Waals surface area contributed by atoms with Crippen molar-refractivity contribution < 1.29 is 0 Å². The van der Waals surface area contributed by atoms with Gasteiger partial charge in [-0.15, -0.1) is 6.58 Å². The summed E-state index contributed by atoms with van der Waals surface area (Å²) in [6.07, 6.45) is 1.24. The number of rotatable bonds is 6. The van der Waals surface area contributed by atoms with Gasteiger partial charge in [0.1, 0.15) is 0 Å². The Bertz CT molecular complexity index is 152. The van der Waals surface area contributed by atoms with E-state index in [9.17, 15) is 0 Å². The smallest absolute Gasteiger partial charge is 0.0329 e. The molecule has 0 amide bonds. The molecule has 2 heteroatoms. The van der Waals surface area contributed by atoms with Gasteiger partial charge in [0.2, 0.25) is 0 Å². The molecule has 0 saturated heterocycles. The van der Waals surface area contributed by atoms with Gasteiger partial charge in [-0.25, -0.2) is 0 Å². The van der Waals surface area contributed by atoms with Gasteiger partial charge in [0.25, 0.3) is 0 Å². The average Bonchev–Trinajstić information content (AvgIpc) is 2.07. The van der Waals surface area contributed by atoms with Crippen LogP contribution in [0.5, 0.6) is 0 Å². The largest absolute Gasteiger partial charge is 0.301 e. The summed E-state index contributed by atoms with van der Waals surface area (Å²) in [5.41, 5.74) is 0. The molecular weight excluding hydrogens is 174 g/mol. The Morgan fingerprint density at radius 1 is 1.31 bits per heavy atom. The van der Waals surface area contributed by atoms with E-state index in [0.29, 0.717) is 12.0 Å². The predicted molar refractivity (Wildman–Crippen MR) is 65.2 cm³/mol. The van der Waals surface area contributed by atoms with Crippen molar-refractivity contribution in [2.45, 2.75) is 40.2 Å². The molecule has 0 aliphatic rings. The molecule has 0 aromatic rings. The molecule has 13 heavy (non-hydrogen) atoms. The molecule has 0 spiro atoms. The second-order valence-electron chi connectivity index (χ2n) is 3.82. The normalized spacial score (nSPS) is 16.1. The van der Waals surface area contributed by atoms with Gasteiger partial charge in [-0.3, -0.25) is 0 Å². The molecule has 0 aliphatic heterocycles. The summed E-state index contributed by atoms with van der Waals surface area (Å²) in [7, 11) is 1.14. The zero-order chi connectivity index (χ0) is 10.4. The monoisotopic (exact) mass is 199 g/mol. The lowest BCUT2D eigenvalue weighted by molar-refractivity contribution is 0.186. The first kappa shape index (κ1) is 12.9. The van der Waals surface area contributed by atoms with Crippen LogP contribution in [0, 0.1) is 5.92 Å². The molecule has 0 radical (unpaired) electrons. The maximum atomic E-state index is 4.13. The molecule has 0 bridgehead atoms. The van der Waals surface area contributed by atoms with Crippen LogP contribution < -0.4 is 0 Å². The Hall–Kier alpha value is -0.0831. The van der Waals surface area contributed by atoms with Crippen molar-refractivity contribution in [2.24, 2.45) is 5.92 Å². The van der Waals surface area contributed by atoms with Gasteiger partial charge in [0, 0.05) is 16.3 Å². The second kappa shape index (κ2) is 6.38. The van der Waals surface area contributed by atoms with Crippen LogP contribution in [0.4, 0.5) is 0 Å². The lowest BCUT2D eigenvalue weighted by Gasteiger charge is -2.33. The molecule has 0 heterocycles. The van der Waals surface area contributed by atoms with Crippen molar-refractivity contribution in [1.29, 1.82) is 0 Å². The summed E-state index contributed by atoms with van der Waals surface area (Å²) < 4.78 is 0. The van der Waals surface area contributed by atoms with Gasteiger partial charge >= 0.3 is 0 Å². The molecule has 78 valence electrons. The van der Waals surface area contributed by atoms with Crippen molar-refractivity contribution in [3.8, 4) is 0 Å². The Kier molecular flexibility index (Phi) is 6.34. The quantitative estimate of drug-likeness (QED) is 0.588. The standard InChI is InChI=1S/C11H25NSi/c1-6-11(10(5)13)9(4)12(7-2)8-3/h9,11H,5-8H2,1-4,13H3. The first-order chi connectivity index (χ1) is 6.08. The SMILES string of the molecule is C=C([SiH3])C(CC)C(C)N(CC)CC. The molecule has 0 N–H and O–H groups in total. The molecule has 0 rings (SSSR count). The molecule has 0 aromatic carbocycles. The Morgan fingerprint density at radius 2 is 1.77 bits per heavy atom. The van der Waals surface area contributed by atoms with Crippen molar-refractivity contribution in [2.75, 3.05) is 13.1 Å². The van der Waals surface area contributed by atoms with Crippen molar-refractivity contribution >= 4 is 10.2 Å². The van der Waals surface area contributed by atoms with Gasteiger partial charge in [-0.05, 0) is 32.4 Å². The molecule has 0 aromatic heterocycles. The van der Waals surface area contributed by atoms with E-state index in [1.54, 1.807) is 0 Å². The highest BCUT2D eigenvalue weighted by atomic mass is 28.1. The van der Waals surface area contributed by atoms with Crippen LogP contribution in [-0.2, 0) is 0 Å². The van der Waals surface area contributed by atoms with Crippen LogP contribution in [0.15, 0.2) is 11.8 Å². The van der Waals surface area contributed by atoms with Crippen LogP contribution in [0.3, 0.4) is 0 Å². The van der Waals surface area contributed by atoms with Gasteiger partial charge in [-0.1, -0.05) is 26.0 Å². The summed E-state index contributed by atoms with van der Waals surface area (Å²) in [5, 5.41) is 1.46. The fourth-order valence-corrected chi connectivity index (χ4v) is 3.05. The maximum absolute atomic E-state index is 4.13. The maximum Gasteiger partial charge on any atom is 0.0329 e. The summed E-state index contributed by atoms with van der Waals surface area (Å²) >= 11 is 0. The summed E-state index contributed by atoms with van der Waals surface area (Å²) in [6.45, 7) is 15.5. The second-order valence-corrected chi connectivity index (χ2v) is 5.11. The zero-order valence-corrected chi connectivity index (χ0v) is 11.9. The molecule has 2 unspecified atom stereocenters. The predicted octanol–water partition coefficient (Wildman–Crippen LogP) is 1.62. The molecule has 0 aliphatic carbocycles. The third-order valence-corrected chi connectivity index (χ3v) is 3.79. The van der Waals surface area contributed by atoms with Crippen molar-refractivity contribution in [3.63, 3.8) is 0 Å². The van der Waals surface area contributed by atoms with E-state index in [4.69, 9.17) is 0 Å². The summed E-state index contributed by atoms with van der Waals surface area (Å²) in [4.78, 5) is 2.53. The topological polar surface area (TPSA) is 3.24 Å². The van der Waals surface area contributed by atoms with Crippen LogP contribution in [-0.4, -0.2) is 34.3 Å². The van der Waals surface area contributed by atoms with Gasteiger partial charge < -0.3 is 4.90 Å². The third kappa shape index (κ3) is 3.65. The number of hydrogen-bond acceptors (Lipinski definition) is 1. The minimum absolute atomic E-state index is 0.671. The van der Waals surface area contributed by atoms with E-state index in [-0.39, 0.29) is 0 Å². The van der Waals surface area contributed by atoms with Crippen LogP contribution in [0.1, 0.15) is 34.1 Å². The van der Waals surface area contributed by atoms with E-state index in [1.807, 2.05) is 0 Å². The number of hydrogen-bond donors (Lipinski definition) is 0. The van der Waals surface area contributed by atoms with Crippen LogP contribution in [0.2, 0.25) is 0 Å². The Morgan fingerprint density at radius 3 is 2.00 bits per heavy atom. The fourth-order valence-electron chi connectivity index (χ4n) is 2.16. The molecule has 0 fully saturated rings. The highest BCUT2D eigenvalue weighted by molar-refractivity contribution is 6.21. The lowest BCUT2D eigenvalue weighted by atomic mass is 9.96. The highest BCUT2D eigenvalue weighted by Crippen LogP contribution is 2.19. The number of nitrogens with zero attached hydrogens (tertiary/aromatic N) is 1. The average molecular weight is 199 g/mol. The van der Waals surface area contributed by atoms with E-state index in [1.165, 1.54) is 11.6 Å². The molecule has 0 saturated carbocycles. The third-order valence-electron chi connectivity index (χ3n) is 3.04. The Balaban J connectivity index is 4.33. The minimum atomic E-state index is 0.671.